The van der Waals surface area contributed by atoms with Crippen LogP contribution >= 0.6 is 11.3 Å². The number of rotatable bonds is 2. The minimum Gasteiger partial charge on any atom is -0.480 e. The molecule has 94 valence electrons. The lowest BCUT2D eigenvalue weighted by Gasteiger charge is -2.34. The van der Waals surface area contributed by atoms with Crippen LogP contribution in [-0.4, -0.2) is 28.6 Å². The third-order valence-corrected chi connectivity index (χ3v) is 4.30. The van der Waals surface area contributed by atoms with Gasteiger partial charge in [0.25, 0.3) is 0 Å². The molecule has 1 aliphatic rings. The Morgan fingerprint density at radius 2 is 2.33 bits per heavy atom. The largest absolute Gasteiger partial charge is 0.480 e. The van der Waals surface area contributed by atoms with Crippen molar-refractivity contribution < 1.29 is 9.90 Å². The summed E-state index contributed by atoms with van der Waals surface area (Å²) in [5, 5.41) is 12.4. The van der Waals surface area contributed by atoms with Crippen LogP contribution in [0.4, 0.5) is 5.82 Å². The van der Waals surface area contributed by atoms with Gasteiger partial charge in [-0.25, -0.2) is 9.78 Å². The maximum absolute atomic E-state index is 11.3. The van der Waals surface area contributed by atoms with Crippen molar-refractivity contribution in [1.82, 2.24) is 4.98 Å². The molecular formula is C13H14N2O2S. The molecular weight excluding hydrogens is 248 g/mol. The lowest BCUT2D eigenvalue weighted by molar-refractivity contribution is -0.139. The van der Waals surface area contributed by atoms with E-state index >= 15 is 0 Å². The monoisotopic (exact) mass is 262 g/mol. The molecule has 0 bridgehead atoms. The van der Waals surface area contributed by atoms with Gasteiger partial charge in [-0.3, -0.25) is 0 Å². The van der Waals surface area contributed by atoms with E-state index in [2.05, 4.69) is 4.98 Å². The summed E-state index contributed by atoms with van der Waals surface area (Å²) in [7, 11) is 0. The molecule has 18 heavy (non-hydrogen) atoms. The van der Waals surface area contributed by atoms with Gasteiger partial charge >= 0.3 is 5.97 Å². The van der Waals surface area contributed by atoms with Crippen LogP contribution in [0.25, 0.3) is 10.1 Å². The highest BCUT2D eigenvalue weighted by atomic mass is 32.1. The Morgan fingerprint density at radius 3 is 3.17 bits per heavy atom. The molecule has 1 aliphatic heterocycles. The number of pyridine rings is 1. The Labute approximate surface area is 109 Å². The van der Waals surface area contributed by atoms with Gasteiger partial charge in [-0.1, -0.05) is 0 Å². The number of aliphatic carboxylic acids is 1. The minimum absolute atomic E-state index is 0.434. The molecule has 0 aromatic carbocycles. The van der Waals surface area contributed by atoms with Crippen molar-refractivity contribution in [3.8, 4) is 0 Å². The molecule has 1 atom stereocenters. The van der Waals surface area contributed by atoms with Gasteiger partial charge in [-0.2, -0.15) is 0 Å². The smallest absolute Gasteiger partial charge is 0.326 e. The third-order valence-electron chi connectivity index (χ3n) is 3.42. The molecule has 3 rings (SSSR count). The summed E-state index contributed by atoms with van der Waals surface area (Å²) in [6.07, 6.45) is 4.48. The number of thiophene rings is 1. The second-order valence-electron chi connectivity index (χ2n) is 4.51. The van der Waals surface area contributed by atoms with Crippen molar-refractivity contribution in [1.29, 1.82) is 0 Å². The van der Waals surface area contributed by atoms with Crippen molar-refractivity contribution >= 4 is 33.2 Å². The fraction of sp³-hybridized carbons (Fsp3) is 0.385. The Balaban J connectivity index is 2.06. The molecule has 1 unspecified atom stereocenters. The maximum Gasteiger partial charge on any atom is 0.326 e. The van der Waals surface area contributed by atoms with E-state index in [4.69, 9.17) is 0 Å². The number of piperidine rings is 1. The van der Waals surface area contributed by atoms with E-state index in [0.29, 0.717) is 6.42 Å². The zero-order valence-corrected chi connectivity index (χ0v) is 10.7. The maximum atomic E-state index is 11.3. The number of aromatic nitrogens is 1. The lowest BCUT2D eigenvalue weighted by atomic mass is 10.0. The zero-order valence-electron chi connectivity index (χ0n) is 9.87. The van der Waals surface area contributed by atoms with Crippen LogP contribution in [-0.2, 0) is 4.79 Å². The second-order valence-corrected chi connectivity index (χ2v) is 5.46. The van der Waals surface area contributed by atoms with Crippen LogP contribution in [0.2, 0.25) is 0 Å². The summed E-state index contributed by atoms with van der Waals surface area (Å²) < 4.78 is 1.16. The molecule has 0 amide bonds. The fourth-order valence-electron chi connectivity index (χ4n) is 2.55. The Hall–Kier alpha value is -1.62. The Bertz CT molecular complexity index is 581. The number of hydrogen-bond donors (Lipinski definition) is 1. The topological polar surface area (TPSA) is 53.4 Å². The van der Waals surface area contributed by atoms with Crippen molar-refractivity contribution in [2.24, 2.45) is 0 Å². The first-order valence-corrected chi connectivity index (χ1v) is 6.97. The quantitative estimate of drug-likeness (QED) is 0.904. The molecule has 2 aromatic rings. The first-order valence-electron chi connectivity index (χ1n) is 6.09. The fourth-order valence-corrected chi connectivity index (χ4v) is 3.33. The predicted molar refractivity (Wildman–Crippen MR) is 72.2 cm³/mol. The zero-order chi connectivity index (χ0) is 12.5. The highest BCUT2D eigenvalue weighted by Gasteiger charge is 2.30. The van der Waals surface area contributed by atoms with Crippen LogP contribution in [0, 0.1) is 0 Å². The van der Waals surface area contributed by atoms with E-state index in [1.54, 1.807) is 17.5 Å². The minimum atomic E-state index is -0.747. The van der Waals surface area contributed by atoms with E-state index in [9.17, 15) is 9.90 Å². The number of carbonyl (C=O) groups is 1. The standard InChI is InChI=1S/C13H14N2O2S/c16-13(17)10-3-1-2-7-15(10)12-9-5-8-18-11(9)4-6-14-12/h4-6,8,10H,1-3,7H2,(H,16,17). The van der Waals surface area contributed by atoms with Gasteiger partial charge in [-0.15, -0.1) is 11.3 Å². The van der Waals surface area contributed by atoms with Crippen LogP contribution in [0.3, 0.4) is 0 Å². The number of fused-ring (bicyclic) bond motifs is 1. The molecule has 5 heteroatoms. The third kappa shape index (κ3) is 1.84. The van der Waals surface area contributed by atoms with E-state index in [1.165, 1.54) is 0 Å². The van der Waals surface area contributed by atoms with Crippen molar-refractivity contribution in [3.63, 3.8) is 0 Å². The molecule has 2 aromatic heterocycles. The van der Waals surface area contributed by atoms with Gasteiger partial charge in [0.1, 0.15) is 11.9 Å². The number of carboxylic acid groups (broad SMARTS) is 1. The highest BCUT2D eigenvalue weighted by molar-refractivity contribution is 7.17. The van der Waals surface area contributed by atoms with Gasteiger partial charge in [0.2, 0.25) is 0 Å². The first-order chi connectivity index (χ1) is 8.77. The molecule has 0 saturated carbocycles. The second kappa shape index (κ2) is 4.57. The van der Waals surface area contributed by atoms with Gasteiger partial charge in [0.05, 0.1) is 0 Å². The normalized spacial score (nSPS) is 20.2. The average Bonchev–Trinajstić information content (AvgIpc) is 2.86. The van der Waals surface area contributed by atoms with Gasteiger partial charge in [0.15, 0.2) is 0 Å². The summed E-state index contributed by atoms with van der Waals surface area (Å²) in [6.45, 7) is 0.777. The predicted octanol–water partition coefficient (Wildman–Crippen LogP) is 2.74. The molecule has 0 aliphatic carbocycles. The van der Waals surface area contributed by atoms with Crippen molar-refractivity contribution in [2.45, 2.75) is 25.3 Å². The van der Waals surface area contributed by atoms with E-state index in [1.807, 2.05) is 22.4 Å². The number of anilines is 1. The molecule has 4 nitrogen and oxygen atoms in total. The Morgan fingerprint density at radius 1 is 1.44 bits per heavy atom. The first kappa shape index (κ1) is 11.5. The van der Waals surface area contributed by atoms with Crippen LogP contribution in [0.5, 0.6) is 0 Å². The Kier molecular flexibility index (Phi) is 2.91. The van der Waals surface area contributed by atoms with Gasteiger partial charge < -0.3 is 10.0 Å². The molecule has 1 fully saturated rings. The summed E-state index contributed by atoms with van der Waals surface area (Å²) in [4.78, 5) is 17.7. The van der Waals surface area contributed by atoms with Crippen molar-refractivity contribution in [2.75, 3.05) is 11.4 Å². The summed E-state index contributed by atoms with van der Waals surface area (Å²) in [5.41, 5.74) is 0. The average molecular weight is 262 g/mol. The summed E-state index contributed by atoms with van der Waals surface area (Å²) in [5.74, 6) is 0.0737. The highest BCUT2D eigenvalue weighted by Crippen LogP contribution is 2.32. The summed E-state index contributed by atoms with van der Waals surface area (Å²) >= 11 is 1.66. The van der Waals surface area contributed by atoms with Gasteiger partial charge in [-0.05, 0) is 36.8 Å². The van der Waals surface area contributed by atoms with Crippen LogP contribution < -0.4 is 4.90 Å². The number of hydrogen-bond acceptors (Lipinski definition) is 4. The van der Waals surface area contributed by atoms with Crippen LogP contribution in [0.1, 0.15) is 19.3 Å². The molecule has 0 radical (unpaired) electrons. The molecule has 1 N–H and O–H groups in total. The van der Waals surface area contributed by atoms with Crippen molar-refractivity contribution in [3.05, 3.63) is 23.7 Å². The van der Waals surface area contributed by atoms with Crippen LogP contribution in [0.15, 0.2) is 23.7 Å². The van der Waals surface area contributed by atoms with Gasteiger partial charge in [0, 0.05) is 22.8 Å². The molecule has 3 heterocycles. The SMILES string of the molecule is O=C(O)C1CCCCN1c1nccc2sccc12. The van der Waals surface area contributed by atoms with E-state index in [0.717, 1.165) is 35.3 Å². The van der Waals surface area contributed by atoms with E-state index < -0.39 is 12.0 Å². The number of carboxylic acids is 1. The number of nitrogens with zero attached hydrogens (tertiary/aromatic N) is 2. The van der Waals surface area contributed by atoms with E-state index in [-0.39, 0.29) is 0 Å². The molecule has 1 saturated heterocycles. The summed E-state index contributed by atoms with van der Waals surface area (Å²) in [6, 6.07) is 3.57. The molecule has 0 spiro atoms. The lowest BCUT2D eigenvalue weighted by Crippen LogP contribution is -2.45.